The van der Waals surface area contributed by atoms with Crippen LogP contribution < -0.4 is 10.5 Å². The highest BCUT2D eigenvalue weighted by Crippen LogP contribution is 2.14. The standard InChI is InChI=1S/C13H17N3O3/c1-15-8-13(18)16(9-12(15)17)5-6-19-11-4-2-3-10(14)7-11/h2-4,7H,5-6,8-9,14H2,1H3. The van der Waals surface area contributed by atoms with Gasteiger partial charge in [-0.15, -0.1) is 0 Å². The summed E-state index contributed by atoms with van der Waals surface area (Å²) in [5.41, 5.74) is 6.26. The summed E-state index contributed by atoms with van der Waals surface area (Å²) in [4.78, 5) is 26.1. The number of rotatable bonds is 4. The monoisotopic (exact) mass is 263 g/mol. The Hall–Kier alpha value is -2.24. The number of carbonyl (C=O) groups excluding carboxylic acids is 2. The highest BCUT2D eigenvalue weighted by atomic mass is 16.5. The van der Waals surface area contributed by atoms with Crippen LogP contribution in [0.2, 0.25) is 0 Å². The molecule has 2 rings (SSSR count). The number of carbonyl (C=O) groups is 2. The summed E-state index contributed by atoms with van der Waals surface area (Å²) in [6, 6.07) is 7.09. The molecule has 2 N–H and O–H groups in total. The summed E-state index contributed by atoms with van der Waals surface area (Å²) in [5.74, 6) is 0.551. The number of nitrogen functional groups attached to an aromatic ring is 1. The Balaban J connectivity index is 1.82. The van der Waals surface area contributed by atoms with Gasteiger partial charge in [-0.3, -0.25) is 9.59 Å². The molecule has 0 unspecified atom stereocenters. The number of nitrogens with zero attached hydrogens (tertiary/aromatic N) is 2. The first-order valence-corrected chi connectivity index (χ1v) is 6.06. The maximum atomic E-state index is 11.7. The van der Waals surface area contributed by atoms with Crippen LogP contribution in [0.15, 0.2) is 24.3 Å². The molecule has 6 heteroatoms. The topological polar surface area (TPSA) is 75.9 Å². The highest BCUT2D eigenvalue weighted by molar-refractivity contribution is 5.92. The summed E-state index contributed by atoms with van der Waals surface area (Å²) >= 11 is 0. The van der Waals surface area contributed by atoms with Crippen LogP contribution in [-0.4, -0.2) is 54.9 Å². The van der Waals surface area contributed by atoms with E-state index in [0.717, 1.165) is 0 Å². The average molecular weight is 263 g/mol. The first kappa shape index (κ1) is 13.2. The van der Waals surface area contributed by atoms with Gasteiger partial charge >= 0.3 is 0 Å². The van der Waals surface area contributed by atoms with Gasteiger partial charge in [0, 0.05) is 18.8 Å². The molecule has 2 amide bonds. The van der Waals surface area contributed by atoms with E-state index in [1.54, 1.807) is 31.3 Å². The van der Waals surface area contributed by atoms with Crippen molar-refractivity contribution in [3.8, 4) is 5.75 Å². The van der Waals surface area contributed by atoms with Crippen LogP contribution in [0, 0.1) is 0 Å². The van der Waals surface area contributed by atoms with Gasteiger partial charge in [-0.2, -0.15) is 0 Å². The number of hydrogen-bond donors (Lipinski definition) is 1. The van der Waals surface area contributed by atoms with Crippen molar-refractivity contribution in [2.24, 2.45) is 0 Å². The van der Waals surface area contributed by atoms with E-state index in [-0.39, 0.29) is 24.9 Å². The van der Waals surface area contributed by atoms with Crippen molar-refractivity contribution < 1.29 is 14.3 Å². The first-order valence-electron chi connectivity index (χ1n) is 6.06. The van der Waals surface area contributed by atoms with Crippen LogP contribution >= 0.6 is 0 Å². The second kappa shape index (κ2) is 5.60. The quantitative estimate of drug-likeness (QED) is 0.773. The second-order valence-corrected chi connectivity index (χ2v) is 4.49. The van der Waals surface area contributed by atoms with Gasteiger partial charge in [0.25, 0.3) is 0 Å². The number of amides is 2. The Labute approximate surface area is 111 Å². The van der Waals surface area contributed by atoms with Crippen molar-refractivity contribution in [1.29, 1.82) is 0 Å². The summed E-state index contributed by atoms with van der Waals surface area (Å²) in [6.45, 7) is 0.992. The molecule has 6 nitrogen and oxygen atoms in total. The van der Waals surface area contributed by atoms with E-state index in [9.17, 15) is 9.59 Å². The third-order valence-electron chi connectivity index (χ3n) is 2.97. The number of likely N-dealkylation sites (N-methyl/N-ethyl adjacent to an activating group) is 1. The Morgan fingerprint density at radius 3 is 2.79 bits per heavy atom. The summed E-state index contributed by atoms with van der Waals surface area (Å²) in [5, 5.41) is 0. The average Bonchev–Trinajstić information content (AvgIpc) is 2.35. The highest BCUT2D eigenvalue weighted by Gasteiger charge is 2.26. The van der Waals surface area contributed by atoms with Crippen molar-refractivity contribution in [3.63, 3.8) is 0 Å². The minimum atomic E-state index is -0.0572. The number of hydrogen-bond acceptors (Lipinski definition) is 4. The van der Waals surface area contributed by atoms with Crippen molar-refractivity contribution >= 4 is 17.5 Å². The van der Waals surface area contributed by atoms with Gasteiger partial charge in [0.2, 0.25) is 11.8 Å². The number of anilines is 1. The first-order chi connectivity index (χ1) is 9.06. The van der Waals surface area contributed by atoms with E-state index >= 15 is 0 Å². The van der Waals surface area contributed by atoms with Gasteiger partial charge in [0.1, 0.15) is 12.4 Å². The molecular weight excluding hydrogens is 246 g/mol. The van der Waals surface area contributed by atoms with Gasteiger partial charge in [0.15, 0.2) is 0 Å². The van der Waals surface area contributed by atoms with E-state index in [4.69, 9.17) is 10.5 Å². The molecule has 0 atom stereocenters. The number of benzene rings is 1. The SMILES string of the molecule is CN1CC(=O)N(CCOc2cccc(N)c2)CC1=O. The van der Waals surface area contributed by atoms with Gasteiger partial charge in [-0.25, -0.2) is 0 Å². The molecule has 102 valence electrons. The fourth-order valence-corrected chi connectivity index (χ4v) is 1.85. The molecular formula is C13H17N3O3. The number of ether oxygens (including phenoxy) is 1. The lowest BCUT2D eigenvalue weighted by Crippen LogP contribution is -2.53. The largest absolute Gasteiger partial charge is 0.492 e. The minimum Gasteiger partial charge on any atom is -0.492 e. The zero-order valence-electron chi connectivity index (χ0n) is 10.8. The maximum absolute atomic E-state index is 11.7. The summed E-state index contributed by atoms with van der Waals surface area (Å²) < 4.78 is 5.50. The van der Waals surface area contributed by atoms with Crippen LogP contribution in [-0.2, 0) is 9.59 Å². The van der Waals surface area contributed by atoms with Crippen LogP contribution in [0.1, 0.15) is 0 Å². The van der Waals surface area contributed by atoms with Crippen molar-refractivity contribution in [1.82, 2.24) is 9.80 Å². The maximum Gasteiger partial charge on any atom is 0.242 e. The Morgan fingerprint density at radius 1 is 1.26 bits per heavy atom. The van der Waals surface area contributed by atoms with Gasteiger partial charge in [-0.05, 0) is 12.1 Å². The molecule has 0 radical (unpaired) electrons. The van der Waals surface area contributed by atoms with Crippen LogP contribution in [0.4, 0.5) is 5.69 Å². The molecule has 1 fully saturated rings. The number of piperazine rings is 1. The molecule has 1 aromatic carbocycles. The van der Waals surface area contributed by atoms with Gasteiger partial charge in [0.05, 0.1) is 19.6 Å². The Bertz CT molecular complexity index is 490. The van der Waals surface area contributed by atoms with Crippen molar-refractivity contribution in [2.45, 2.75) is 0 Å². The molecule has 19 heavy (non-hydrogen) atoms. The molecule has 1 aromatic rings. The zero-order chi connectivity index (χ0) is 13.8. The third-order valence-corrected chi connectivity index (χ3v) is 2.97. The molecule has 0 spiro atoms. The molecule has 1 aliphatic heterocycles. The molecule has 0 saturated carbocycles. The zero-order valence-corrected chi connectivity index (χ0v) is 10.8. The van der Waals surface area contributed by atoms with Crippen molar-refractivity contribution in [3.05, 3.63) is 24.3 Å². The lowest BCUT2D eigenvalue weighted by Gasteiger charge is -2.31. The van der Waals surface area contributed by atoms with Crippen LogP contribution in [0.25, 0.3) is 0 Å². The van der Waals surface area contributed by atoms with Gasteiger partial charge in [-0.1, -0.05) is 6.07 Å². The molecule has 1 aliphatic rings. The predicted octanol–water partition coefficient (Wildman–Crippen LogP) is -0.0518. The van der Waals surface area contributed by atoms with E-state index in [1.165, 1.54) is 9.80 Å². The van der Waals surface area contributed by atoms with E-state index in [0.29, 0.717) is 24.6 Å². The van der Waals surface area contributed by atoms with Crippen molar-refractivity contribution in [2.75, 3.05) is 39.0 Å². The molecule has 1 heterocycles. The normalized spacial score (nSPS) is 15.8. The van der Waals surface area contributed by atoms with Gasteiger partial charge < -0.3 is 20.3 Å². The molecule has 1 saturated heterocycles. The van der Waals surface area contributed by atoms with Crippen LogP contribution in [0.5, 0.6) is 5.75 Å². The fourth-order valence-electron chi connectivity index (χ4n) is 1.85. The lowest BCUT2D eigenvalue weighted by molar-refractivity contribution is -0.149. The van der Waals surface area contributed by atoms with E-state index in [1.807, 2.05) is 0 Å². The van der Waals surface area contributed by atoms with E-state index < -0.39 is 0 Å². The minimum absolute atomic E-state index is 0.0523. The molecule has 0 aliphatic carbocycles. The predicted molar refractivity (Wildman–Crippen MR) is 70.6 cm³/mol. The Kier molecular flexibility index (Phi) is 3.89. The fraction of sp³-hybridized carbons (Fsp3) is 0.385. The smallest absolute Gasteiger partial charge is 0.242 e. The molecule has 0 bridgehead atoms. The third kappa shape index (κ3) is 3.37. The summed E-state index contributed by atoms with van der Waals surface area (Å²) in [6.07, 6.45) is 0. The molecule has 0 aromatic heterocycles. The van der Waals surface area contributed by atoms with E-state index in [2.05, 4.69) is 0 Å². The summed E-state index contributed by atoms with van der Waals surface area (Å²) in [7, 11) is 1.63. The Morgan fingerprint density at radius 2 is 2.05 bits per heavy atom. The second-order valence-electron chi connectivity index (χ2n) is 4.49. The number of nitrogens with two attached hydrogens (primary N) is 1. The lowest BCUT2D eigenvalue weighted by atomic mass is 10.3. The van der Waals surface area contributed by atoms with Crippen LogP contribution in [0.3, 0.4) is 0 Å².